The van der Waals surface area contributed by atoms with E-state index in [1.54, 1.807) is 11.8 Å². The summed E-state index contributed by atoms with van der Waals surface area (Å²) in [4.78, 5) is 25.6. The van der Waals surface area contributed by atoms with Gasteiger partial charge in [0.15, 0.2) is 5.78 Å². The fourth-order valence-corrected chi connectivity index (χ4v) is 3.08. The number of ether oxygens (including phenoxy) is 1. The van der Waals surface area contributed by atoms with E-state index in [1.165, 1.54) is 0 Å². The fraction of sp³-hybridized carbons (Fsp3) is 0.591. The highest BCUT2D eigenvalue weighted by Crippen LogP contribution is 2.29. The molecule has 1 unspecified atom stereocenters. The van der Waals surface area contributed by atoms with Gasteiger partial charge in [0, 0.05) is 23.9 Å². The number of fused-ring (bicyclic) bond motifs is 1. The van der Waals surface area contributed by atoms with Crippen molar-refractivity contribution in [3.8, 4) is 5.75 Å². The number of rotatable bonds is 8. The van der Waals surface area contributed by atoms with E-state index in [4.69, 9.17) is 4.74 Å². The summed E-state index contributed by atoms with van der Waals surface area (Å²) in [7, 11) is 1.60. The smallest absolute Gasteiger partial charge is 0.244 e. The van der Waals surface area contributed by atoms with Crippen molar-refractivity contribution in [2.45, 2.75) is 60.4 Å². The number of benzene rings is 1. The van der Waals surface area contributed by atoms with E-state index in [9.17, 15) is 9.59 Å². The van der Waals surface area contributed by atoms with Crippen LogP contribution in [0.3, 0.4) is 0 Å². The molecule has 0 saturated heterocycles. The minimum Gasteiger partial charge on any atom is -0.497 e. The number of carbonyl (C=O) groups is 2. The summed E-state index contributed by atoms with van der Waals surface area (Å²) >= 11 is 0. The summed E-state index contributed by atoms with van der Waals surface area (Å²) in [6.07, 6.45) is 1.46. The zero-order valence-corrected chi connectivity index (χ0v) is 18.1. The first-order valence-corrected chi connectivity index (χ1v) is 9.97. The zero-order valence-electron chi connectivity index (χ0n) is 18.1. The van der Waals surface area contributed by atoms with Gasteiger partial charge in [-0.1, -0.05) is 41.5 Å². The molecular weight excluding hydrogens is 354 g/mol. The van der Waals surface area contributed by atoms with Crippen LogP contribution >= 0.6 is 0 Å². The van der Waals surface area contributed by atoms with Gasteiger partial charge in [0.2, 0.25) is 5.91 Å². The minimum absolute atomic E-state index is 0.0306. The highest BCUT2D eigenvalue weighted by molar-refractivity contribution is 6.07. The predicted molar refractivity (Wildman–Crippen MR) is 112 cm³/mol. The molecule has 6 nitrogen and oxygen atoms in total. The number of hydrogen-bond acceptors (Lipinski definition) is 4. The van der Waals surface area contributed by atoms with E-state index in [0.717, 1.165) is 17.3 Å². The average molecular weight is 388 g/mol. The Bertz CT molecular complexity index is 847. The summed E-state index contributed by atoms with van der Waals surface area (Å²) in [6.45, 7) is 12.7. The lowest BCUT2D eigenvalue weighted by Gasteiger charge is -2.21. The number of Topliss-reactive ketones (excluding diaryl/α,β-unsaturated/α-hetero) is 1. The number of nitrogens with zero attached hydrogens (tertiary/aromatic N) is 2. The third kappa shape index (κ3) is 4.91. The lowest BCUT2D eigenvalue weighted by Crippen LogP contribution is -2.34. The number of amides is 1. The minimum atomic E-state index is -0.483. The molecule has 28 heavy (non-hydrogen) atoms. The Morgan fingerprint density at radius 3 is 2.46 bits per heavy atom. The number of methoxy groups -OCH3 is 1. The summed E-state index contributed by atoms with van der Waals surface area (Å²) in [6, 6.07) is 5.01. The van der Waals surface area contributed by atoms with Crippen molar-refractivity contribution in [1.29, 1.82) is 0 Å². The number of aromatic nitrogens is 2. The van der Waals surface area contributed by atoms with Crippen LogP contribution < -0.4 is 10.1 Å². The lowest BCUT2D eigenvalue weighted by atomic mass is 9.92. The molecule has 154 valence electrons. The van der Waals surface area contributed by atoms with Crippen molar-refractivity contribution in [3.05, 3.63) is 23.9 Å². The molecule has 0 aliphatic heterocycles. The van der Waals surface area contributed by atoms with E-state index >= 15 is 0 Å². The van der Waals surface area contributed by atoms with E-state index in [2.05, 4.69) is 31.2 Å². The molecule has 0 spiro atoms. The molecule has 0 aliphatic carbocycles. The van der Waals surface area contributed by atoms with Gasteiger partial charge in [-0.05, 0) is 30.4 Å². The molecule has 2 rings (SSSR count). The Labute approximate surface area is 167 Å². The van der Waals surface area contributed by atoms with Crippen LogP contribution in [0, 0.1) is 11.3 Å². The van der Waals surface area contributed by atoms with Crippen LogP contribution in [0.15, 0.2) is 18.2 Å². The highest BCUT2D eigenvalue weighted by atomic mass is 16.5. The van der Waals surface area contributed by atoms with Crippen LogP contribution in [0.25, 0.3) is 10.9 Å². The van der Waals surface area contributed by atoms with Gasteiger partial charge in [-0.2, -0.15) is 5.10 Å². The summed E-state index contributed by atoms with van der Waals surface area (Å²) < 4.78 is 7.02. The van der Waals surface area contributed by atoms with Gasteiger partial charge in [-0.25, -0.2) is 0 Å². The second-order valence-electron chi connectivity index (χ2n) is 8.72. The largest absolute Gasteiger partial charge is 0.497 e. The molecule has 0 bridgehead atoms. The van der Waals surface area contributed by atoms with Crippen LogP contribution in [0.2, 0.25) is 0 Å². The van der Waals surface area contributed by atoms with Gasteiger partial charge in [-0.15, -0.1) is 0 Å². The number of nitrogens with one attached hydrogen (secondary N) is 1. The van der Waals surface area contributed by atoms with Gasteiger partial charge < -0.3 is 10.1 Å². The van der Waals surface area contributed by atoms with Gasteiger partial charge in [-0.3, -0.25) is 14.3 Å². The SMILES string of the molecule is CCC(C(=O)NCCC(C)(C)C)n1nc(C(=O)C(C)C)c2ccc(OC)cc21. The molecule has 0 saturated carbocycles. The molecule has 0 aliphatic rings. The molecule has 1 aromatic carbocycles. The molecule has 0 fully saturated rings. The first kappa shape index (κ1) is 21.9. The Balaban J connectivity index is 2.44. The van der Waals surface area contributed by atoms with E-state index in [0.29, 0.717) is 24.4 Å². The topological polar surface area (TPSA) is 73.2 Å². The Morgan fingerprint density at radius 2 is 1.93 bits per heavy atom. The molecular formula is C22H33N3O3. The van der Waals surface area contributed by atoms with Gasteiger partial charge in [0.25, 0.3) is 0 Å². The van der Waals surface area contributed by atoms with Crippen molar-refractivity contribution in [1.82, 2.24) is 15.1 Å². The maximum atomic E-state index is 12.9. The average Bonchev–Trinajstić information content (AvgIpc) is 2.99. The predicted octanol–water partition coefficient (Wildman–Crippen LogP) is 4.39. The standard InChI is InChI=1S/C22H33N3O3/c1-8-17(21(27)23-12-11-22(4,5)6)25-18-13-15(28-7)9-10-16(18)19(24-25)20(26)14(2)3/h9-10,13-14,17H,8,11-12H2,1-7H3,(H,23,27). The first-order chi connectivity index (χ1) is 13.1. The van der Waals surface area contributed by atoms with Crippen LogP contribution in [-0.2, 0) is 4.79 Å². The zero-order chi connectivity index (χ0) is 21.1. The second-order valence-corrected chi connectivity index (χ2v) is 8.72. The lowest BCUT2D eigenvalue weighted by molar-refractivity contribution is -0.124. The van der Waals surface area contributed by atoms with Crippen LogP contribution in [0.5, 0.6) is 5.75 Å². The third-order valence-electron chi connectivity index (χ3n) is 4.83. The van der Waals surface area contributed by atoms with Gasteiger partial charge in [0.1, 0.15) is 17.5 Å². The molecule has 6 heteroatoms. The molecule has 1 atom stereocenters. The van der Waals surface area contributed by atoms with Crippen molar-refractivity contribution in [3.63, 3.8) is 0 Å². The molecule has 1 amide bonds. The van der Waals surface area contributed by atoms with Gasteiger partial charge in [0.05, 0.1) is 12.6 Å². The monoisotopic (exact) mass is 387 g/mol. The Hall–Kier alpha value is -2.37. The highest BCUT2D eigenvalue weighted by Gasteiger charge is 2.26. The number of hydrogen-bond donors (Lipinski definition) is 1. The van der Waals surface area contributed by atoms with Crippen molar-refractivity contribution in [2.75, 3.05) is 13.7 Å². The van der Waals surface area contributed by atoms with Gasteiger partial charge >= 0.3 is 0 Å². The molecule has 1 heterocycles. The third-order valence-corrected chi connectivity index (χ3v) is 4.83. The molecule has 2 aromatic rings. The molecule has 0 radical (unpaired) electrons. The van der Waals surface area contributed by atoms with Crippen LogP contribution in [0.4, 0.5) is 0 Å². The maximum Gasteiger partial charge on any atom is 0.244 e. The number of carbonyl (C=O) groups excluding carboxylic acids is 2. The van der Waals surface area contributed by atoms with E-state index in [1.807, 2.05) is 39.0 Å². The molecule has 1 N–H and O–H groups in total. The number of ketones is 1. The Kier molecular flexibility index (Phi) is 6.86. The van der Waals surface area contributed by atoms with E-state index < -0.39 is 6.04 Å². The van der Waals surface area contributed by atoms with E-state index in [-0.39, 0.29) is 23.0 Å². The quantitative estimate of drug-likeness (QED) is 0.682. The van der Waals surface area contributed by atoms with Crippen molar-refractivity contribution >= 4 is 22.6 Å². The van der Waals surface area contributed by atoms with Crippen LogP contribution in [-0.4, -0.2) is 35.1 Å². The molecule has 1 aromatic heterocycles. The fourth-order valence-electron chi connectivity index (χ4n) is 3.08. The van der Waals surface area contributed by atoms with Crippen LogP contribution in [0.1, 0.15) is 70.9 Å². The second kappa shape index (κ2) is 8.76. The summed E-state index contributed by atoms with van der Waals surface area (Å²) in [5, 5.41) is 8.36. The van der Waals surface area contributed by atoms with Crippen molar-refractivity contribution < 1.29 is 14.3 Å². The normalized spacial score (nSPS) is 13.0. The summed E-state index contributed by atoms with van der Waals surface area (Å²) in [5.74, 6) is 0.383. The first-order valence-electron chi connectivity index (χ1n) is 9.97. The van der Waals surface area contributed by atoms with Crippen molar-refractivity contribution in [2.24, 2.45) is 11.3 Å². The Morgan fingerprint density at radius 1 is 1.25 bits per heavy atom. The summed E-state index contributed by atoms with van der Waals surface area (Å²) in [5.41, 5.74) is 1.30. The maximum absolute atomic E-state index is 12.9.